The van der Waals surface area contributed by atoms with Crippen LogP contribution in [-0.2, 0) is 19.4 Å². The number of hydrogen-bond acceptors (Lipinski definition) is 2. The van der Waals surface area contributed by atoms with E-state index >= 15 is 0 Å². The molecule has 90 valence electrons. The molecule has 0 aromatic carbocycles. The highest BCUT2D eigenvalue weighted by molar-refractivity contribution is 7.16. The maximum atomic E-state index is 5.98. The Hall–Kier alpha value is -0.800. The molecule has 0 saturated heterocycles. The number of imidazole rings is 1. The Labute approximate surface area is 110 Å². The molecule has 0 bridgehead atoms. The first-order chi connectivity index (χ1) is 8.24. The average molecular weight is 267 g/mol. The zero-order valence-electron chi connectivity index (χ0n) is 9.87. The fourth-order valence-electron chi connectivity index (χ4n) is 2.54. The van der Waals surface area contributed by atoms with Gasteiger partial charge in [0.2, 0.25) is 0 Å². The number of halogens is 1. The second-order valence-corrected chi connectivity index (χ2v) is 6.35. The molecule has 0 radical (unpaired) electrons. The molecular weight excluding hydrogens is 252 g/mol. The highest BCUT2D eigenvalue weighted by Gasteiger charge is 2.18. The first-order valence-electron chi connectivity index (χ1n) is 6.03. The molecule has 0 saturated carbocycles. The number of aromatic nitrogens is 2. The predicted molar refractivity (Wildman–Crippen MR) is 72.0 cm³/mol. The zero-order valence-corrected chi connectivity index (χ0v) is 11.4. The van der Waals surface area contributed by atoms with Gasteiger partial charge >= 0.3 is 0 Å². The normalized spacial score (nSPS) is 14.9. The summed E-state index contributed by atoms with van der Waals surface area (Å²) in [6.07, 6.45) is 4.90. The van der Waals surface area contributed by atoms with Gasteiger partial charge in [-0.2, -0.15) is 0 Å². The molecule has 0 fully saturated rings. The molecule has 0 aliphatic heterocycles. The standard InChI is InChI=1S/C13H15ClN2S/c1-9-15-11-4-2-3-5-12(11)16(9)8-10-6-7-13(14)17-10/h6-7H,2-5,8H2,1H3. The summed E-state index contributed by atoms with van der Waals surface area (Å²) in [5.74, 6) is 1.14. The maximum absolute atomic E-state index is 5.98. The summed E-state index contributed by atoms with van der Waals surface area (Å²) >= 11 is 7.64. The molecule has 17 heavy (non-hydrogen) atoms. The van der Waals surface area contributed by atoms with Crippen LogP contribution in [0, 0.1) is 6.92 Å². The molecule has 0 amide bonds. The van der Waals surface area contributed by atoms with Gasteiger partial charge in [0.1, 0.15) is 5.82 Å². The van der Waals surface area contributed by atoms with E-state index in [0.717, 1.165) is 23.1 Å². The molecule has 0 unspecified atom stereocenters. The Balaban J connectivity index is 1.94. The van der Waals surface area contributed by atoms with Crippen LogP contribution in [0.1, 0.15) is 34.9 Å². The average Bonchev–Trinajstić information content (AvgIpc) is 2.85. The van der Waals surface area contributed by atoms with Gasteiger partial charge in [0.05, 0.1) is 16.6 Å². The zero-order chi connectivity index (χ0) is 11.8. The maximum Gasteiger partial charge on any atom is 0.106 e. The van der Waals surface area contributed by atoms with Crippen LogP contribution < -0.4 is 0 Å². The van der Waals surface area contributed by atoms with Gasteiger partial charge in [0.25, 0.3) is 0 Å². The van der Waals surface area contributed by atoms with Crippen LogP contribution in [0.3, 0.4) is 0 Å². The lowest BCUT2D eigenvalue weighted by Crippen LogP contribution is -2.09. The first-order valence-corrected chi connectivity index (χ1v) is 7.22. The Kier molecular flexibility index (Phi) is 2.97. The third kappa shape index (κ3) is 2.14. The van der Waals surface area contributed by atoms with E-state index in [1.54, 1.807) is 11.3 Å². The summed E-state index contributed by atoms with van der Waals surface area (Å²) in [5.41, 5.74) is 2.76. The van der Waals surface area contributed by atoms with Crippen LogP contribution in [0.4, 0.5) is 0 Å². The molecule has 2 aromatic heterocycles. The SMILES string of the molecule is Cc1nc2c(n1Cc1ccc(Cl)s1)CCCC2. The minimum absolute atomic E-state index is 0.867. The highest BCUT2D eigenvalue weighted by atomic mass is 35.5. The molecular formula is C13H15ClN2S. The summed E-state index contributed by atoms with van der Waals surface area (Å²) in [6, 6.07) is 4.09. The summed E-state index contributed by atoms with van der Waals surface area (Å²) in [7, 11) is 0. The molecule has 0 spiro atoms. The van der Waals surface area contributed by atoms with Crippen molar-refractivity contribution in [3.8, 4) is 0 Å². The van der Waals surface area contributed by atoms with Crippen LogP contribution in [-0.4, -0.2) is 9.55 Å². The van der Waals surface area contributed by atoms with E-state index < -0.39 is 0 Å². The number of aryl methyl sites for hydroxylation is 2. The molecule has 2 aromatic rings. The van der Waals surface area contributed by atoms with Crippen molar-refractivity contribution in [3.05, 3.63) is 38.6 Å². The van der Waals surface area contributed by atoms with Crippen LogP contribution >= 0.6 is 22.9 Å². The van der Waals surface area contributed by atoms with Crippen LogP contribution in [0.15, 0.2) is 12.1 Å². The largest absolute Gasteiger partial charge is 0.327 e. The van der Waals surface area contributed by atoms with Gasteiger partial charge in [-0.25, -0.2) is 4.98 Å². The summed E-state index contributed by atoms with van der Waals surface area (Å²) in [4.78, 5) is 6.00. The van der Waals surface area contributed by atoms with Crippen molar-refractivity contribution in [3.63, 3.8) is 0 Å². The fourth-order valence-corrected chi connectivity index (χ4v) is 3.61. The topological polar surface area (TPSA) is 17.8 Å². The number of thiophene rings is 1. The van der Waals surface area contributed by atoms with E-state index in [9.17, 15) is 0 Å². The Morgan fingerprint density at radius 1 is 1.35 bits per heavy atom. The van der Waals surface area contributed by atoms with Gasteiger partial charge in [-0.3, -0.25) is 0 Å². The number of rotatable bonds is 2. The molecule has 3 rings (SSSR count). The lowest BCUT2D eigenvalue weighted by molar-refractivity contribution is 0.626. The van der Waals surface area contributed by atoms with E-state index in [4.69, 9.17) is 11.6 Å². The second-order valence-electron chi connectivity index (χ2n) is 4.55. The van der Waals surface area contributed by atoms with Crippen molar-refractivity contribution < 1.29 is 0 Å². The van der Waals surface area contributed by atoms with E-state index in [0.29, 0.717) is 0 Å². The number of nitrogens with zero attached hydrogens (tertiary/aromatic N) is 2. The van der Waals surface area contributed by atoms with Crippen molar-refractivity contribution in [2.45, 2.75) is 39.2 Å². The lowest BCUT2D eigenvalue weighted by atomic mass is 10.0. The van der Waals surface area contributed by atoms with Crippen molar-refractivity contribution in [1.29, 1.82) is 0 Å². The van der Waals surface area contributed by atoms with Gasteiger partial charge in [0.15, 0.2) is 0 Å². The minimum Gasteiger partial charge on any atom is -0.327 e. The van der Waals surface area contributed by atoms with Crippen LogP contribution in [0.25, 0.3) is 0 Å². The molecule has 0 N–H and O–H groups in total. The Morgan fingerprint density at radius 3 is 2.94 bits per heavy atom. The molecule has 2 nitrogen and oxygen atoms in total. The van der Waals surface area contributed by atoms with E-state index in [2.05, 4.69) is 22.5 Å². The van der Waals surface area contributed by atoms with Gasteiger partial charge in [0, 0.05) is 10.6 Å². The summed E-state index contributed by atoms with van der Waals surface area (Å²) in [5, 5.41) is 0. The monoisotopic (exact) mass is 266 g/mol. The number of hydrogen-bond donors (Lipinski definition) is 0. The van der Waals surface area contributed by atoms with Gasteiger partial charge < -0.3 is 4.57 Å². The molecule has 2 heterocycles. The van der Waals surface area contributed by atoms with Gasteiger partial charge in [-0.15, -0.1) is 11.3 Å². The van der Waals surface area contributed by atoms with Crippen LogP contribution in [0.2, 0.25) is 4.34 Å². The minimum atomic E-state index is 0.867. The molecule has 1 aliphatic carbocycles. The second kappa shape index (κ2) is 4.46. The third-order valence-corrected chi connectivity index (χ3v) is 4.58. The van der Waals surface area contributed by atoms with E-state index in [-0.39, 0.29) is 0 Å². The van der Waals surface area contributed by atoms with Crippen molar-refractivity contribution in [2.24, 2.45) is 0 Å². The summed E-state index contributed by atoms with van der Waals surface area (Å²) < 4.78 is 3.23. The first kappa shape index (κ1) is 11.3. The van der Waals surface area contributed by atoms with Crippen molar-refractivity contribution in [1.82, 2.24) is 9.55 Å². The summed E-state index contributed by atoms with van der Waals surface area (Å²) in [6.45, 7) is 3.03. The lowest BCUT2D eigenvalue weighted by Gasteiger charge is -2.14. The Morgan fingerprint density at radius 2 is 2.18 bits per heavy atom. The highest BCUT2D eigenvalue weighted by Crippen LogP contribution is 2.26. The van der Waals surface area contributed by atoms with Gasteiger partial charge in [-0.1, -0.05) is 11.6 Å². The van der Waals surface area contributed by atoms with E-state index in [1.807, 2.05) is 6.07 Å². The van der Waals surface area contributed by atoms with Crippen molar-refractivity contribution >= 4 is 22.9 Å². The van der Waals surface area contributed by atoms with Crippen molar-refractivity contribution in [2.75, 3.05) is 0 Å². The molecule has 0 atom stereocenters. The molecule has 1 aliphatic rings. The number of fused-ring (bicyclic) bond motifs is 1. The van der Waals surface area contributed by atoms with Gasteiger partial charge in [-0.05, 0) is 44.7 Å². The quantitative estimate of drug-likeness (QED) is 0.808. The molecule has 4 heteroatoms. The Bertz CT molecular complexity index is 542. The van der Waals surface area contributed by atoms with E-state index in [1.165, 1.54) is 35.5 Å². The van der Waals surface area contributed by atoms with Crippen LogP contribution in [0.5, 0.6) is 0 Å². The fraction of sp³-hybridized carbons (Fsp3) is 0.462. The third-order valence-electron chi connectivity index (χ3n) is 3.37. The smallest absolute Gasteiger partial charge is 0.106 e. The predicted octanol–water partition coefficient (Wildman–Crippen LogP) is 3.83.